The topological polar surface area (TPSA) is 50.1 Å². The Morgan fingerprint density at radius 2 is 1.60 bits per heavy atom. The first-order valence-electron chi connectivity index (χ1n) is 7.93. The van der Waals surface area contributed by atoms with E-state index in [1.165, 1.54) is 0 Å². The van der Waals surface area contributed by atoms with Gasteiger partial charge >= 0.3 is 5.97 Å². The van der Waals surface area contributed by atoms with Crippen LogP contribution in [-0.4, -0.2) is 18.5 Å². The monoisotopic (exact) mass is 351 g/mol. The van der Waals surface area contributed by atoms with Crippen LogP contribution in [0.3, 0.4) is 0 Å². The molecule has 2 aromatic carbocycles. The van der Waals surface area contributed by atoms with Crippen LogP contribution >= 0.6 is 11.6 Å². The van der Waals surface area contributed by atoms with Crippen molar-refractivity contribution in [1.29, 1.82) is 5.26 Å². The number of alkyl halides is 1. The summed E-state index contributed by atoms with van der Waals surface area (Å²) in [6, 6.07) is 21.4. The highest BCUT2D eigenvalue weighted by Crippen LogP contribution is 2.35. The number of nitrogens with zero attached hydrogens (tertiary/aromatic N) is 1. The van der Waals surface area contributed by atoms with Gasteiger partial charge in [-0.3, -0.25) is 4.79 Å². The maximum absolute atomic E-state index is 12.2. The number of benzene rings is 2. The molecule has 0 N–H and O–H groups in total. The van der Waals surface area contributed by atoms with E-state index in [2.05, 4.69) is 17.9 Å². The van der Waals surface area contributed by atoms with Gasteiger partial charge in [-0.25, -0.2) is 0 Å². The fourth-order valence-electron chi connectivity index (χ4n) is 2.64. The number of rotatable bonds is 6. The van der Waals surface area contributed by atoms with Crippen molar-refractivity contribution >= 4 is 17.6 Å². The van der Waals surface area contributed by atoms with E-state index >= 15 is 0 Å². The maximum Gasteiger partial charge on any atom is 0.307 e. The van der Waals surface area contributed by atoms with E-state index in [0.717, 1.165) is 11.1 Å². The Bertz CT molecular complexity index is 772. The number of hydrogen-bond acceptors (Lipinski definition) is 3. The number of carbonyl (C=O) groups is 1. The summed E-state index contributed by atoms with van der Waals surface area (Å²) in [7, 11) is 0. The summed E-state index contributed by atoms with van der Waals surface area (Å²) in [5.74, 6) is 4.39. The van der Waals surface area contributed by atoms with E-state index in [0.29, 0.717) is 0 Å². The maximum atomic E-state index is 12.2. The number of halogens is 1. The second-order valence-corrected chi connectivity index (χ2v) is 5.65. The zero-order chi connectivity index (χ0) is 17.9. The fraction of sp³-hybridized carbons (Fsp3) is 0.238. The van der Waals surface area contributed by atoms with E-state index in [-0.39, 0.29) is 30.8 Å². The van der Waals surface area contributed by atoms with Crippen molar-refractivity contribution in [1.82, 2.24) is 0 Å². The second kappa shape index (κ2) is 10.2. The second-order valence-electron chi connectivity index (χ2n) is 5.39. The quantitative estimate of drug-likeness (QED) is 0.444. The lowest BCUT2D eigenvalue weighted by Crippen LogP contribution is -2.16. The standard InChI is InChI=1S/C21H18ClNO2/c22-13-7-8-14-25-21(24)15-19(17-9-3-1-4-10-17)20(16-23)18-11-5-2-6-12-18/h1-6,9-12,19-20H,13-15H2. The summed E-state index contributed by atoms with van der Waals surface area (Å²) < 4.78 is 5.15. The minimum Gasteiger partial charge on any atom is -0.452 e. The third-order valence-electron chi connectivity index (χ3n) is 3.81. The van der Waals surface area contributed by atoms with Gasteiger partial charge in [0.05, 0.1) is 24.3 Å². The number of nitriles is 1. The molecule has 0 bridgehead atoms. The summed E-state index contributed by atoms with van der Waals surface area (Å²) >= 11 is 5.46. The molecule has 0 amide bonds. The summed E-state index contributed by atoms with van der Waals surface area (Å²) in [6.45, 7) is 0.00954. The molecule has 0 aliphatic heterocycles. The summed E-state index contributed by atoms with van der Waals surface area (Å²) in [5.41, 5.74) is 1.82. The Hall–Kier alpha value is -2.75. The van der Waals surface area contributed by atoms with E-state index < -0.39 is 5.92 Å². The minimum absolute atomic E-state index is 0.00954. The Balaban J connectivity index is 2.22. The largest absolute Gasteiger partial charge is 0.452 e. The predicted octanol–water partition coefficient (Wildman–Crippen LogP) is 4.25. The number of carbonyl (C=O) groups excluding carboxylic acids is 1. The third kappa shape index (κ3) is 5.68. The fourth-order valence-corrected chi connectivity index (χ4v) is 2.73. The van der Waals surface area contributed by atoms with Gasteiger partial charge in [0, 0.05) is 5.92 Å². The predicted molar refractivity (Wildman–Crippen MR) is 98.1 cm³/mol. The van der Waals surface area contributed by atoms with Crippen LogP contribution in [-0.2, 0) is 9.53 Å². The van der Waals surface area contributed by atoms with Gasteiger partial charge in [0.1, 0.15) is 0 Å². The van der Waals surface area contributed by atoms with Gasteiger partial charge in [0.2, 0.25) is 0 Å². The average molecular weight is 352 g/mol. The van der Waals surface area contributed by atoms with Crippen molar-refractivity contribution < 1.29 is 9.53 Å². The molecule has 2 rings (SSSR count). The van der Waals surface area contributed by atoms with Crippen LogP contribution in [0.15, 0.2) is 60.7 Å². The van der Waals surface area contributed by atoms with E-state index in [4.69, 9.17) is 16.3 Å². The Labute approximate surface area is 153 Å². The van der Waals surface area contributed by atoms with Gasteiger partial charge in [-0.1, -0.05) is 72.5 Å². The molecular formula is C21H18ClNO2. The molecule has 0 fully saturated rings. The highest BCUT2D eigenvalue weighted by atomic mass is 35.5. The molecular weight excluding hydrogens is 334 g/mol. The molecule has 0 saturated carbocycles. The third-order valence-corrected chi connectivity index (χ3v) is 3.95. The first-order valence-corrected chi connectivity index (χ1v) is 8.46. The van der Waals surface area contributed by atoms with Gasteiger partial charge < -0.3 is 4.74 Å². The molecule has 2 atom stereocenters. The Morgan fingerprint density at radius 1 is 1.00 bits per heavy atom. The zero-order valence-electron chi connectivity index (χ0n) is 13.7. The smallest absolute Gasteiger partial charge is 0.307 e. The van der Waals surface area contributed by atoms with Crippen molar-refractivity contribution in [3.8, 4) is 17.9 Å². The van der Waals surface area contributed by atoms with E-state index in [1.54, 1.807) is 0 Å². The van der Waals surface area contributed by atoms with Gasteiger partial charge in [0.15, 0.2) is 6.61 Å². The lowest BCUT2D eigenvalue weighted by molar-refractivity contribution is -0.142. The molecule has 0 spiro atoms. The van der Waals surface area contributed by atoms with Crippen LogP contribution in [0.25, 0.3) is 0 Å². The van der Waals surface area contributed by atoms with Crippen LogP contribution in [0, 0.1) is 23.2 Å². The molecule has 0 saturated heterocycles. The number of ether oxygens (including phenoxy) is 1. The molecule has 0 aliphatic rings. The van der Waals surface area contributed by atoms with Crippen molar-refractivity contribution in [2.75, 3.05) is 12.5 Å². The van der Waals surface area contributed by atoms with Crippen molar-refractivity contribution in [2.45, 2.75) is 18.3 Å². The molecule has 0 heterocycles. The number of esters is 1. The van der Waals surface area contributed by atoms with Gasteiger partial charge in [-0.15, -0.1) is 11.6 Å². The molecule has 2 unspecified atom stereocenters. The minimum atomic E-state index is -0.440. The summed E-state index contributed by atoms with van der Waals surface area (Å²) in [4.78, 5) is 12.2. The van der Waals surface area contributed by atoms with Gasteiger partial charge in [-0.2, -0.15) is 5.26 Å². The summed E-state index contributed by atoms with van der Waals surface area (Å²) in [5, 5.41) is 9.73. The molecule has 2 aromatic rings. The van der Waals surface area contributed by atoms with Gasteiger partial charge in [-0.05, 0) is 11.1 Å². The van der Waals surface area contributed by atoms with Crippen LogP contribution in [0.2, 0.25) is 0 Å². The number of hydrogen-bond donors (Lipinski definition) is 0. The van der Waals surface area contributed by atoms with Crippen LogP contribution < -0.4 is 0 Å². The van der Waals surface area contributed by atoms with Crippen molar-refractivity contribution in [2.24, 2.45) is 0 Å². The van der Waals surface area contributed by atoms with Crippen molar-refractivity contribution in [3.05, 3.63) is 71.8 Å². The molecule has 0 radical (unpaired) electrons. The van der Waals surface area contributed by atoms with Crippen LogP contribution in [0.4, 0.5) is 0 Å². The Kier molecular flexibility index (Phi) is 7.57. The lowest BCUT2D eigenvalue weighted by Gasteiger charge is -2.22. The SMILES string of the molecule is N#CC(c1ccccc1)C(CC(=O)OCC#CCCl)c1ccccc1. The van der Waals surface area contributed by atoms with Gasteiger partial charge in [0.25, 0.3) is 0 Å². The molecule has 0 aliphatic carbocycles. The van der Waals surface area contributed by atoms with Crippen LogP contribution in [0.5, 0.6) is 0 Å². The normalized spacial score (nSPS) is 12.2. The first-order chi connectivity index (χ1) is 12.3. The molecule has 0 aromatic heterocycles. The lowest BCUT2D eigenvalue weighted by atomic mass is 9.80. The first kappa shape index (κ1) is 18.6. The van der Waals surface area contributed by atoms with E-state index in [1.807, 2.05) is 60.7 Å². The summed E-state index contributed by atoms with van der Waals surface area (Å²) in [6.07, 6.45) is 0.111. The van der Waals surface area contributed by atoms with Crippen LogP contribution in [0.1, 0.15) is 29.4 Å². The molecule has 25 heavy (non-hydrogen) atoms. The van der Waals surface area contributed by atoms with E-state index in [9.17, 15) is 10.1 Å². The Morgan fingerprint density at radius 3 is 2.16 bits per heavy atom. The highest BCUT2D eigenvalue weighted by Gasteiger charge is 2.27. The molecule has 4 heteroatoms. The van der Waals surface area contributed by atoms with Crippen molar-refractivity contribution in [3.63, 3.8) is 0 Å². The zero-order valence-corrected chi connectivity index (χ0v) is 14.4. The highest BCUT2D eigenvalue weighted by molar-refractivity contribution is 6.19. The molecule has 126 valence electrons. The average Bonchev–Trinajstić information content (AvgIpc) is 2.66. The molecule has 3 nitrogen and oxygen atoms in total.